The van der Waals surface area contributed by atoms with Crippen molar-refractivity contribution < 1.29 is 0 Å². The number of nitrogens with one attached hydrogen (secondary N) is 1. The van der Waals surface area contributed by atoms with Crippen molar-refractivity contribution in [2.24, 2.45) is 0 Å². The number of fused-ring (bicyclic) bond motifs is 1. The Morgan fingerprint density at radius 2 is 1.77 bits per heavy atom. The summed E-state index contributed by atoms with van der Waals surface area (Å²) in [6, 6.07) is 18.4. The number of benzene rings is 2. The van der Waals surface area contributed by atoms with Crippen LogP contribution in [-0.4, -0.2) is 21.4 Å². The summed E-state index contributed by atoms with van der Waals surface area (Å²) in [6.07, 6.45) is 1.84. The molecule has 1 aliphatic heterocycles. The van der Waals surface area contributed by atoms with Crippen molar-refractivity contribution in [3.05, 3.63) is 87.3 Å². The Morgan fingerprint density at radius 1 is 1.04 bits per heavy atom. The van der Waals surface area contributed by atoms with Gasteiger partial charge in [-0.1, -0.05) is 61.5 Å². The molecule has 26 heavy (non-hydrogen) atoms. The minimum atomic E-state index is -0.0117. The molecule has 0 unspecified atom stereocenters. The van der Waals surface area contributed by atoms with Crippen LogP contribution in [0.5, 0.6) is 0 Å². The number of nitrogens with zero attached hydrogens (tertiary/aromatic N) is 2. The molecule has 3 aromatic rings. The highest BCUT2D eigenvalue weighted by Crippen LogP contribution is 2.21. The predicted octanol–water partition coefficient (Wildman–Crippen LogP) is 3.56. The average molecular weight is 345 g/mol. The van der Waals surface area contributed by atoms with E-state index in [0.717, 1.165) is 42.8 Å². The smallest absolute Gasteiger partial charge is 0.255 e. The van der Waals surface area contributed by atoms with E-state index in [1.54, 1.807) is 0 Å². The maximum atomic E-state index is 12.7. The molecule has 4 nitrogen and oxygen atoms in total. The van der Waals surface area contributed by atoms with Gasteiger partial charge in [0.15, 0.2) is 0 Å². The van der Waals surface area contributed by atoms with Gasteiger partial charge in [0.25, 0.3) is 5.56 Å². The first kappa shape index (κ1) is 16.7. The third-order valence-electron chi connectivity index (χ3n) is 5.09. The van der Waals surface area contributed by atoms with E-state index in [-0.39, 0.29) is 5.56 Å². The van der Waals surface area contributed by atoms with Crippen molar-refractivity contribution in [3.63, 3.8) is 0 Å². The standard InChI is InChI=1S/C22H23N3O/c1-2-16-8-6-7-11-18(16)14-25-13-12-20-19(15-25)22(26)24-21(23-20)17-9-4-3-5-10-17/h3-11H,2,12-15H2,1H3,(H,23,24,26). The van der Waals surface area contributed by atoms with E-state index in [4.69, 9.17) is 4.98 Å². The first-order valence-electron chi connectivity index (χ1n) is 9.21. The lowest BCUT2D eigenvalue weighted by molar-refractivity contribution is 0.241. The van der Waals surface area contributed by atoms with Crippen LogP contribution in [0.25, 0.3) is 11.4 Å². The van der Waals surface area contributed by atoms with Gasteiger partial charge >= 0.3 is 0 Å². The van der Waals surface area contributed by atoms with Crippen LogP contribution in [0.1, 0.15) is 29.3 Å². The van der Waals surface area contributed by atoms with Gasteiger partial charge in [-0.2, -0.15) is 0 Å². The van der Waals surface area contributed by atoms with Crippen LogP contribution in [0.2, 0.25) is 0 Å². The predicted molar refractivity (Wildman–Crippen MR) is 104 cm³/mol. The van der Waals surface area contributed by atoms with Crippen molar-refractivity contribution >= 4 is 0 Å². The van der Waals surface area contributed by atoms with E-state index in [9.17, 15) is 4.79 Å². The number of aromatic amines is 1. The number of rotatable bonds is 4. The van der Waals surface area contributed by atoms with Gasteiger partial charge in [-0.05, 0) is 17.5 Å². The number of aryl methyl sites for hydroxylation is 1. The summed E-state index contributed by atoms with van der Waals surface area (Å²) < 4.78 is 0. The van der Waals surface area contributed by atoms with E-state index < -0.39 is 0 Å². The van der Waals surface area contributed by atoms with Crippen molar-refractivity contribution in [2.45, 2.75) is 32.9 Å². The molecule has 0 atom stereocenters. The van der Waals surface area contributed by atoms with E-state index in [1.165, 1.54) is 11.1 Å². The van der Waals surface area contributed by atoms with E-state index in [1.807, 2.05) is 30.3 Å². The van der Waals surface area contributed by atoms with Crippen molar-refractivity contribution in [3.8, 4) is 11.4 Å². The molecule has 2 aromatic carbocycles. The minimum absolute atomic E-state index is 0.0117. The zero-order valence-electron chi connectivity index (χ0n) is 15.0. The molecule has 0 aliphatic carbocycles. The topological polar surface area (TPSA) is 49.0 Å². The zero-order valence-corrected chi connectivity index (χ0v) is 15.0. The third-order valence-corrected chi connectivity index (χ3v) is 5.09. The van der Waals surface area contributed by atoms with Gasteiger partial charge < -0.3 is 4.98 Å². The fourth-order valence-electron chi connectivity index (χ4n) is 3.65. The van der Waals surface area contributed by atoms with Crippen LogP contribution >= 0.6 is 0 Å². The van der Waals surface area contributed by atoms with Gasteiger partial charge in [0.2, 0.25) is 0 Å². The van der Waals surface area contributed by atoms with Crippen LogP contribution < -0.4 is 5.56 Å². The first-order valence-corrected chi connectivity index (χ1v) is 9.21. The van der Waals surface area contributed by atoms with Gasteiger partial charge in [0.1, 0.15) is 5.82 Å². The number of H-pyrrole nitrogens is 1. The molecule has 4 heteroatoms. The lowest BCUT2D eigenvalue weighted by Crippen LogP contribution is -2.35. The molecule has 0 bridgehead atoms. The van der Waals surface area contributed by atoms with E-state index in [2.05, 4.69) is 41.1 Å². The third kappa shape index (κ3) is 3.33. The summed E-state index contributed by atoms with van der Waals surface area (Å²) in [5.41, 5.74) is 5.42. The van der Waals surface area contributed by atoms with Crippen LogP contribution in [-0.2, 0) is 25.9 Å². The normalized spacial score (nSPS) is 14.2. The Morgan fingerprint density at radius 3 is 2.54 bits per heavy atom. The molecule has 2 heterocycles. The zero-order chi connectivity index (χ0) is 17.9. The van der Waals surface area contributed by atoms with Gasteiger partial charge in [0.05, 0.1) is 11.3 Å². The maximum Gasteiger partial charge on any atom is 0.255 e. The van der Waals surface area contributed by atoms with Crippen LogP contribution in [0.15, 0.2) is 59.4 Å². The summed E-state index contributed by atoms with van der Waals surface area (Å²) in [4.78, 5) is 22.7. The molecular weight excluding hydrogens is 322 g/mol. The molecule has 1 aromatic heterocycles. The quantitative estimate of drug-likeness (QED) is 0.786. The summed E-state index contributed by atoms with van der Waals surface area (Å²) in [6.45, 7) is 4.65. The largest absolute Gasteiger partial charge is 0.306 e. The summed E-state index contributed by atoms with van der Waals surface area (Å²) in [5.74, 6) is 0.666. The van der Waals surface area contributed by atoms with Gasteiger partial charge in [-0.15, -0.1) is 0 Å². The Hall–Kier alpha value is -2.72. The van der Waals surface area contributed by atoms with E-state index >= 15 is 0 Å². The molecule has 0 amide bonds. The Kier molecular flexibility index (Phi) is 4.67. The fourth-order valence-corrected chi connectivity index (χ4v) is 3.65. The minimum Gasteiger partial charge on any atom is -0.306 e. The summed E-state index contributed by atoms with van der Waals surface area (Å²) in [5, 5.41) is 0. The maximum absolute atomic E-state index is 12.7. The van der Waals surface area contributed by atoms with Crippen LogP contribution in [0.4, 0.5) is 0 Å². The molecule has 4 rings (SSSR count). The molecule has 0 fully saturated rings. The summed E-state index contributed by atoms with van der Waals surface area (Å²) in [7, 11) is 0. The van der Waals surface area contributed by atoms with Crippen LogP contribution in [0.3, 0.4) is 0 Å². The second-order valence-electron chi connectivity index (χ2n) is 6.79. The molecule has 0 saturated heterocycles. The number of hydrogen-bond donors (Lipinski definition) is 1. The van der Waals surface area contributed by atoms with Crippen molar-refractivity contribution in [2.75, 3.05) is 6.54 Å². The Balaban J connectivity index is 1.59. The monoisotopic (exact) mass is 345 g/mol. The highest BCUT2D eigenvalue weighted by atomic mass is 16.1. The molecule has 1 N–H and O–H groups in total. The fraction of sp³-hybridized carbons (Fsp3) is 0.273. The number of hydrogen-bond acceptors (Lipinski definition) is 3. The number of aromatic nitrogens is 2. The van der Waals surface area contributed by atoms with Gasteiger partial charge in [-0.3, -0.25) is 9.69 Å². The SMILES string of the molecule is CCc1ccccc1CN1CCc2nc(-c3ccccc3)[nH]c(=O)c2C1. The first-order chi connectivity index (χ1) is 12.7. The molecule has 132 valence electrons. The Bertz CT molecular complexity index is 963. The highest BCUT2D eigenvalue weighted by Gasteiger charge is 2.22. The van der Waals surface area contributed by atoms with E-state index in [0.29, 0.717) is 12.4 Å². The van der Waals surface area contributed by atoms with Crippen molar-refractivity contribution in [1.29, 1.82) is 0 Å². The Labute approximate surface area is 153 Å². The molecule has 0 spiro atoms. The van der Waals surface area contributed by atoms with Gasteiger partial charge in [-0.25, -0.2) is 4.98 Å². The molecule has 0 radical (unpaired) electrons. The molecular formula is C22H23N3O. The second-order valence-corrected chi connectivity index (χ2v) is 6.79. The van der Waals surface area contributed by atoms with Crippen LogP contribution in [0, 0.1) is 0 Å². The van der Waals surface area contributed by atoms with Gasteiger partial charge in [0, 0.05) is 31.6 Å². The average Bonchev–Trinajstić information content (AvgIpc) is 2.69. The second kappa shape index (κ2) is 7.26. The summed E-state index contributed by atoms with van der Waals surface area (Å²) >= 11 is 0. The highest BCUT2D eigenvalue weighted by molar-refractivity contribution is 5.54. The lowest BCUT2D eigenvalue weighted by Gasteiger charge is -2.28. The molecule has 1 aliphatic rings. The lowest BCUT2D eigenvalue weighted by atomic mass is 10.0. The molecule has 0 saturated carbocycles. The van der Waals surface area contributed by atoms with Crippen molar-refractivity contribution in [1.82, 2.24) is 14.9 Å².